The van der Waals surface area contributed by atoms with Crippen LogP contribution in [0.25, 0.3) is 11.3 Å². The Hall–Kier alpha value is -2.24. The maximum absolute atomic E-state index is 12.2. The molecule has 0 saturated carbocycles. The lowest BCUT2D eigenvalue weighted by Crippen LogP contribution is -2.27. The van der Waals surface area contributed by atoms with Gasteiger partial charge in [-0.3, -0.25) is 4.79 Å². The molecule has 0 unspecified atom stereocenters. The lowest BCUT2D eigenvalue weighted by molar-refractivity contribution is 0.0949. The summed E-state index contributed by atoms with van der Waals surface area (Å²) in [7, 11) is 0. The minimum absolute atomic E-state index is 0.0671. The van der Waals surface area contributed by atoms with Crippen LogP contribution in [0, 0.1) is 5.92 Å². The zero-order chi connectivity index (χ0) is 20.1. The molecule has 0 bridgehead atoms. The Kier molecular flexibility index (Phi) is 6.81. The number of hydrogen-bond acceptors (Lipinski definition) is 3. The summed E-state index contributed by atoms with van der Waals surface area (Å²) < 4.78 is 6.84. The van der Waals surface area contributed by atoms with Crippen LogP contribution in [0.15, 0.2) is 63.5 Å². The van der Waals surface area contributed by atoms with E-state index in [4.69, 9.17) is 16.0 Å². The van der Waals surface area contributed by atoms with Crippen LogP contribution in [0.4, 0.5) is 5.69 Å². The van der Waals surface area contributed by atoms with Gasteiger partial charge in [-0.2, -0.15) is 0 Å². The first kappa shape index (κ1) is 20.5. The van der Waals surface area contributed by atoms with Crippen molar-refractivity contribution in [2.75, 3.05) is 11.9 Å². The Balaban J connectivity index is 1.64. The van der Waals surface area contributed by atoms with E-state index in [0.29, 0.717) is 29.6 Å². The van der Waals surface area contributed by atoms with Gasteiger partial charge in [0, 0.05) is 27.8 Å². The minimum Gasteiger partial charge on any atom is -0.459 e. The Morgan fingerprint density at radius 1 is 1.14 bits per heavy atom. The fourth-order valence-corrected chi connectivity index (χ4v) is 3.43. The summed E-state index contributed by atoms with van der Waals surface area (Å²) in [5.74, 6) is 1.85. The highest BCUT2D eigenvalue weighted by Gasteiger charge is 2.10. The Morgan fingerprint density at radius 2 is 1.96 bits per heavy atom. The van der Waals surface area contributed by atoms with Gasteiger partial charge in [-0.15, -0.1) is 0 Å². The fourth-order valence-electron chi connectivity index (χ4n) is 2.67. The van der Waals surface area contributed by atoms with Crippen molar-refractivity contribution in [2.45, 2.75) is 20.4 Å². The number of furan rings is 1. The molecule has 6 heteroatoms. The molecular formula is C22H22BrClN2O2. The Bertz CT molecular complexity index is 969. The van der Waals surface area contributed by atoms with Gasteiger partial charge in [-0.25, -0.2) is 0 Å². The number of nitrogens with one attached hydrogen (secondary N) is 2. The first-order chi connectivity index (χ1) is 13.4. The minimum atomic E-state index is -0.0671. The summed E-state index contributed by atoms with van der Waals surface area (Å²) in [6.45, 7) is 5.30. The average Bonchev–Trinajstić information content (AvgIpc) is 3.13. The largest absolute Gasteiger partial charge is 0.459 e. The molecule has 0 aliphatic carbocycles. The van der Waals surface area contributed by atoms with E-state index < -0.39 is 0 Å². The van der Waals surface area contributed by atoms with E-state index in [9.17, 15) is 4.79 Å². The van der Waals surface area contributed by atoms with E-state index in [-0.39, 0.29) is 5.91 Å². The predicted molar refractivity (Wildman–Crippen MR) is 118 cm³/mol. The summed E-state index contributed by atoms with van der Waals surface area (Å²) in [6.07, 6.45) is 0. The molecule has 1 heterocycles. The maximum Gasteiger partial charge on any atom is 0.251 e. The predicted octanol–water partition coefficient (Wildman–Crippen LogP) is 6.36. The SMILES string of the molecule is CC(C)CNC(=O)c1cccc(NCc2ccc(-c3ccc(Br)cc3Cl)o2)c1. The molecular weight excluding hydrogens is 440 g/mol. The molecule has 2 aromatic carbocycles. The van der Waals surface area contributed by atoms with Crippen molar-refractivity contribution in [1.82, 2.24) is 5.32 Å². The van der Waals surface area contributed by atoms with E-state index in [1.807, 2.05) is 48.5 Å². The lowest BCUT2D eigenvalue weighted by Gasteiger charge is -2.09. The Morgan fingerprint density at radius 3 is 2.71 bits per heavy atom. The van der Waals surface area contributed by atoms with Gasteiger partial charge >= 0.3 is 0 Å². The normalized spacial score (nSPS) is 10.9. The zero-order valence-electron chi connectivity index (χ0n) is 15.8. The van der Waals surface area contributed by atoms with Gasteiger partial charge in [0.25, 0.3) is 5.91 Å². The molecule has 1 amide bonds. The smallest absolute Gasteiger partial charge is 0.251 e. The molecule has 3 aromatic rings. The van der Waals surface area contributed by atoms with Gasteiger partial charge in [0.2, 0.25) is 0 Å². The summed E-state index contributed by atoms with van der Waals surface area (Å²) in [5, 5.41) is 6.85. The van der Waals surface area contributed by atoms with Crippen LogP contribution in [-0.2, 0) is 6.54 Å². The monoisotopic (exact) mass is 460 g/mol. The number of hydrogen-bond donors (Lipinski definition) is 2. The lowest BCUT2D eigenvalue weighted by atomic mass is 10.1. The quantitative estimate of drug-likeness (QED) is 0.430. The molecule has 0 aliphatic rings. The molecule has 0 fully saturated rings. The summed E-state index contributed by atoms with van der Waals surface area (Å²) in [5.41, 5.74) is 2.34. The summed E-state index contributed by atoms with van der Waals surface area (Å²) in [6, 6.07) is 16.9. The van der Waals surface area contributed by atoms with E-state index in [2.05, 4.69) is 40.4 Å². The van der Waals surface area contributed by atoms with Crippen molar-refractivity contribution in [1.29, 1.82) is 0 Å². The number of benzene rings is 2. The molecule has 3 rings (SSSR count). The van der Waals surface area contributed by atoms with Crippen LogP contribution in [0.1, 0.15) is 30.0 Å². The second-order valence-electron chi connectivity index (χ2n) is 6.93. The number of carbonyl (C=O) groups is 1. The number of carbonyl (C=O) groups excluding carboxylic acids is 1. The van der Waals surface area contributed by atoms with Gasteiger partial charge in [0.1, 0.15) is 11.5 Å². The van der Waals surface area contributed by atoms with Crippen LogP contribution in [-0.4, -0.2) is 12.5 Å². The van der Waals surface area contributed by atoms with Crippen molar-refractivity contribution in [3.8, 4) is 11.3 Å². The van der Waals surface area contributed by atoms with Gasteiger partial charge < -0.3 is 15.1 Å². The van der Waals surface area contributed by atoms with Crippen LogP contribution in [0.5, 0.6) is 0 Å². The molecule has 2 N–H and O–H groups in total. The second kappa shape index (κ2) is 9.30. The number of halogens is 2. The van der Waals surface area contributed by atoms with Crippen LogP contribution < -0.4 is 10.6 Å². The Labute approximate surface area is 178 Å². The first-order valence-corrected chi connectivity index (χ1v) is 10.3. The number of rotatable bonds is 7. The van der Waals surface area contributed by atoms with Crippen molar-refractivity contribution in [2.24, 2.45) is 5.92 Å². The van der Waals surface area contributed by atoms with Crippen LogP contribution in [0.3, 0.4) is 0 Å². The molecule has 0 radical (unpaired) electrons. The van der Waals surface area contributed by atoms with E-state index in [1.165, 1.54) is 0 Å². The third-order valence-electron chi connectivity index (χ3n) is 4.12. The summed E-state index contributed by atoms with van der Waals surface area (Å²) >= 11 is 9.70. The van der Waals surface area contributed by atoms with E-state index in [0.717, 1.165) is 27.2 Å². The van der Waals surface area contributed by atoms with Crippen molar-refractivity contribution in [3.63, 3.8) is 0 Å². The van der Waals surface area contributed by atoms with Crippen LogP contribution >= 0.6 is 27.5 Å². The fraction of sp³-hybridized carbons (Fsp3) is 0.227. The molecule has 0 atom stereocenters. The van der Waals surface area contributed by atoms with Gasteiger partial charge in [-0.1, -0.05) is 47.4 Å². The molecule has 146 valence electrons. The highest BCUT2D eigenvalue weighted by molar-refractivity contribution is 9.10. The third kappa shape index (κ3) is 5.40. The average molecular weight is 462 g/mol. The number of anilines is 1. The standard InChI is InChI=1S/C22H22BrClN2O2/c1-14(2)12-26-22(27)15-4-3-5-17(10-15)25-13-18-7-9-21(28-18)19-8-6-16(23)11-20(19)24/h3-11,14,25H,12-13H2,1-2H3,(H,26,27). The van der Waals surface area contributed by atoms with Crippen LogP contribution in [0.2, 0.25) is 5.02 Å². The second-order valence-corrected chi connectivity index (χ2v) is 8.25. The molecule has 4 nitrogen and oxygen atoms in total. The van der Waals surface area contributed by atoms with Crippen molar-refractivity contribution in [3.05, 3.63) is 75.4 Å². The zero-order valence-corrected chi connectivity index (χ0v) is 18.1. The summed E-state index contributed by atoms with van der Waals surface area (Å²) in [4.78, 5) is 12.2. The van der Waals surface area contributed by atoms with Gasteiger partial charge in [0.05, 0.1) is 11.6 Å². The maximum atomic E-state index is 12.2. The molecule has 28 heavy (non-hydrogen) atoms. The van der Waals surface area contributed by atoms with Crippen molar-refractivity contribution >= 4 is 39.1 Å². The molecule has 0 saturated heterocycles. The first-order valence-electron chi connectivity index (χ1n) is 9.08. The highest BCUT2D eigenvalue weighted by atomic mass is 79.9. The third-order valence-corrected chi connectivity index (χ3v) is 4.93. The van der Waals surface area contributed by atoms with Gasteiger partial charge in [-0.05, 0) is 54.4 Å². The number of amides is 1. The van der Waals surface area contributed by atoms with E-state index in [1.54, 1.807) is 6.07 Å². The van der Waals surface area contributed by atoms with Gasteiger partial charge in [0.15, 0.2) is 0 Å². The highest BCUT2D eigenvalue weighted by Crippen LogP contribution is 2.31. The van der Waals surface area contributed by atoms with E-state index >= 15 is 0 Å². The molecule has 1 aromatic heterocycles. The van der Waals surface area contributed by atoms with Crippen molar-refractivity contribution < 1.29 is 9.21 Å². The topological polar surface area (TPSA) is 54.3 Å². The molecule has 0 aliphatic heterocycles. The molecule has 0 spiro atoms.